The van der Waals surface area contributed by atoms with Crippen LogP contribution in [0.3, 0.4) is 0 Å². The van der Waals surface area contributed by atoms with Gasteiger partial charge in [0.15, 0.2) is 0 Å². The van der Waals surface area contributed by atoms with Crippen molar-refractivity contribution in [2.75, 3.05) is 5.33 Å². The lowest BCUT2D eigenvalue weighted by atomic mass is 10.2. The molecule has 0 fully saturated rings. The van der Waals surface area contributed by atoms with Gasteiger partial charge in [-0.05, 0) is 12.3 Å². The molecule has 0 spiro atoms. The summed E-state index contributed by atoms with van der Waals surface area (Å²) in [5.41, 5.74) is 0. The molecule has 0 saturated carbocycles. The summed E-state index contributed by atoms with van der Waals surface area (Å²) >= 11 is 3.49. The first-order chi connectivity index (χ1) is 6.27. The molecule has 1 atom stereocenters. The van der Waals surface area contributed by atoms with Crippen LogP contribution >= 0.6 is 15.9 Å². The Labute approximate surface area is 88.5 Å². The predicted octanol–water partition coefficient (Wildman–Crippen LogP) is 2.87. The minimum absolute atomic E-state index is 0.671. The van der Waals surface area contributed by atoms with Gasteiger partial charge in [0, 0.05) is 30.7 Å². The highest BCUT2D eigenvalue weighted by Gasteiger charge is 2.05. The van der Waals surface area contributed by atoms with Gasteiger partial charge in [-0.15, -0.1) is 0 Å². The average Bonchev–Trinajstić information content (AvgIpc) is 2.54. The molecule has 1 heterocycles. The van der Waals surface area contributed by atoms with Crippen molar-refractivity contribution in [2.24, 2.45) is 5.92 Å². The first-order valence-corrected chi connectivity index (χ1v) is 5.96. The Bertz CT molecular complexity index is 245. The van der Waals surface area contributed by atoms with Crippen LogP contribution in [0.4, 0.5) is 0 Å². The van der Waals surface area contributed by atoms with Crippen molar-refractivity contribution in [2.45, 2.75) is 33.2 Å². The summed E-state index contributed by atoms with van der Waals surface area (Å²) in [6, 6.07) is 0. The second-order valence-corrected chi connectivity index (χ2v) is 4.15. The van der Waals surface area contributed by atoms with E-state index in [9.17, 15) is 0 Å². The Balaban J connectivity index is 2.59. The molecule has 0 amide bonds. The van der Waals surface area contributed by atoms with Crippen molar-refractivity contribution in [3.8, 4) is 0 Å². The summed E-state index contributed by atoms with van der Waals surface area (Å²) in [6.07, 6.45) is 6.22. The molecule has 1 unspecified atom stereocenters. The summed E-state index contributed by atoms with van der Waals surface area (Å²) in [5, 5.41) is 1.05. The normalized spacial score (nSPS) is 13.2. The molecule has 0 aliphatic rings. The van der Waals surface area contributed by atoms with Gasteiger partial charge in [-0.25, -0.2) is 4.98 Å². The van der Waals surface area contributed by atoms with Gasteiger partial charge in [0.1, 0.15) is 5.82 Å². The van der Waals surface area contributed by atoms with E-state index in [-0.39, 0.29) is 0 Å². The highest BCUT2D eigenvalue weighted by Crippen LogP contribution is 2.08. The van der Waals surface area contributed by atoms with E-state index in [0.29, 0.717) is 5.92 Å². The van der Waals surface area contributed by atoms with Crippen LogP contribution in [-0.2, 0) is 13.0 Å². The fourth-order valence-corrected chi connectivity index (χ4v) is 1.55. The maximum Gasteiger partial charge on any atom is 0.108 e. The number of aromatic nitrogens is 2. The zero-order chi connectivity index (χ0) is 9.68. The number of imidazole rings is 1. The van der Waals surface area contributed by atoms with Crippen molar-refractivity contribution in [1.82, 2.24) is 9.55 Å². The maximum absolute atomic E-state index is 4.34. The van der Waals surface area contributed by atoms with Crippen molar-refractivity contribution in [3.63, 3.8) is 0 Å². The molecule has 3 heteroatoms. The highest BCUT2D eigenvalue weighted by atomic mass is 79.9. The van der Waals surface area contributed by atoms with Crippen molar-refractivity contribution in [1.29, 1.82) is 0 Å². The molecular formula is C10H17BrN2. The molecule has 13 heavy (non-hydrogen) atoms. The van der Waals surface area contributed by atoms with E-state index < -0.39 is 0 Å². The summed E-state index contributed by atoms with van der Waals surface area (Å²) in [7, 11) is 0. The van der Waals surface area contributed by atoms with Gasteiger partial charge in [-0.2, -0.15) is 0 Å². The lowest BCUT2D eigenvalue weighted by Gasteiger charge is -2.11. The van der Waals surface area contributed by atoms with Crippen LogP contribution in [0.1, 0.15) is 26.1 Å². The van der Waals surface area contributed by atoms with Gasteiger partial charge in [0.2, 0.25) is 0 Å². The Hall–Kier alpha value is -0.310. The highest BCUT2D eigenvalue weighted by molar-refractivity contribution is 9.09. The van der Waals surface area contributed by atoms with Crippen molar-refractivity contribution < 1.29 is 0 Å². The van der Waals surface area contributed by atoms with Gasteiger partial charge in [-0.1, -0.05) is 29.8 Å². The minimum Gasteiger partial charge on any atom is -0.335 e. The molecule has 0 bridgehead atoms. The Morgan fingerprint density at radius 3 is 3.00 bits per heavy atom. The van der Waals surface area contributed by atoms with Crippen LogP contribution in [0.2, 0.25) is 0 Å². The van der Waals surface area contributed by atoms with E-state index in [1.807, 2.05) is 6.20 Å². The summed E-state index contributed by atoms with van der Waals surface area (Å²) < 4.78 is 2.26. The molecule has 0 aromatic carbocycles. The molecule has 0 saturated heterocycles. The van der Waals surface area contributed by atoms with Gasteiger partial charge in [0.25, 0.3) is 0 Å². The van der Waals surface area contributed by atoms with Crippen molar-refractivity contribution in [3.05, 3.63) is 18.2 Å². The SMILES string of the molecule is CCCc1nccn1CC(C)CBr. The lowest BCUT2D eigenvalue weighted by Crippen LogP contribution is -2.10. The second kappa shape index (κ2) is 5.43. The molecule has 0 aliphatic carbocycles. The Morgan fingerprint density at radius 1 is 1.62 bits per heavy atom. The second-order valence-electron chi connectivity index (χ2n) is 3.51. The Morgan fingerprint density at radius 2 is 2.38 bits per heavy atom. The van der Waals surface area contributed by atoms with E-state index in [2.05, 4.69) is 45.5 Å². The van der Waals surface area contributed by atoms with E-state index in [1.54, 1.807) is 0 Å². The Kier molecular flexibility index (Phi) is 4.50. The number of halogens is 1. The fraction of sp³-hybridized carbons (Fsp3) is 0.700. The van der Waals surface area contributed by atoms with E-state index >= 15 is 0 Å². The van der Waals surface area contributed by atoms with Gasteiger partial charge in [0.05, 0.1) is 0 Å². The van der Waals surface area contributed by atoms with Crippen LogP contribution in [0, 0.1) is 5.92 Å². The maximum atomic E-state index is 4.34. The quantitative estimate of drug-likeness (QED) is 0.729. The van der Waals surface area contributed by atoms with Gasteiger partial charge < -0.3 is 4.57 Å². The van der Waals surface area contributed by atoms with Crippen LogP contribution in [0.25, 0.3) is 0 Å². The summed E-state index contributed by atoms with van der Waals surface area (Å²) in [5.74, 6) is 1.89. The zero-order valence-corrected chi connectivity index (χ0v) is 9.92. The third-order valence-electron chi connectivity index (χ3n) is 2.05. The van der Waals surface area contributed by atoms with Crippen LogP contribution in [-0.4, -0.2) is 14.9 Å². The number of nitrogens with zero attached hydrogens (tertiary/aromatic N) is 2. The monoisotopic (exact) mass is 244 g/mol. The molecule has 0 N–H and O–H groups in total. The first-order valence-electron chi connectivity index (χ1n) is 4.83. The fourth-order valence-electron chi connectivity index (χ4n) is 1.34. The molecule has 0 radical (unpaired) electrons. The number of hydrogen-bond acceptors (Lipinski definition) is 1. The zero-order valence-electron chi connectivity index (χ0n) is 8.33. The predicted molar refractivity (Wildman–Crippen MR) is 59.2 cm³/mol. The van der Waals surface area contributed by atoms with Crippen LogP contribution < -0.4 is 0 Å². The number of alkyl halides is 1. The molecular weight excluding hydrogens is 228 g/mol. The van der Waals surface area contributed by atoms with Crippen molar-refractivity contribution >= 4 is 15.9 Å². The lowest BCUT2D eigenvalue weighted by molar-refractivity contribution is 0.514. The van der Waals surface area contributed by atoms with Gasteiger partial charge >= 0.3 is 0 Å². The van der Waals surface area contributed by atoms with Crippen LogP contribution in [0.5, 0.6) is 0 Å². The number of hydrogen-bond donors (Lipinski definition) is 0. The third kappa shape index (κ3) is 3.14. The summed E-state index contributed by atoms with van der Waals surface area (Å²) in [6.45, 7) is 5.50. The molecule has 2 nitrogen and oxygen atoms in total. The molecule has 0 aliphatic heterocycles. The van der Waals surface area contributed by atoms with Gasteiger partial charge in [-0.3, -0.25) is 0 Å². The smallest absolute Gasteiger partial charge is 0.108 e. The minimum atomic E-state index is 0.671. The molecule has 1 rings (SSSR count). The number of aryl methyl sites for hydroxylation is 1. The third-order valence-corrected chi connectivity index (χ3v) is 3.15. The topological polar surface area (TPSA) is 17.8 Å². The number of rotatable bonds is 5. The van der Waals surface area contributed by atoms with E-state index in [1.165, 1.54) is 12.2 Å². The van der Waals surface area contributed by atoms with E-state index in [4.69, 9.17) is 0 Å². The first kappa shape index (κ1) is 10.8. The van der Waals surface area contributed by atoms with E-state index in [0.717, 1.165) is 18.3 Å². The molecule has 74 valence electrons. The van der Waals surface area contributed by atoms with Crippen LogP contribution in [0.15, 0.2) is 12.4 Å². The largest absolute Gasteiger partial charge is 0.335 e. The standard InChI is InChI=1S/C10H17BrN2/c1-3-4-10-12-5-6-13(10)8-9(2)7-11/h5-6,9H,3-4,7-8H2,1-2H3. The summed E-state index contributed by atoms with van der Waals surface area (Å²) in [4.78, 5) is 4.34. The molecule has 1 aromatic heterocycles. The molecule has 1 aromatic rings. The average molecular weight is 245 g/mol.